The maximum atomic E-state index is 12.9. The number of esters is 3. The van der Waals surface area contributed by atoms with E-state index in [9.17, 15) is 14.4 Å². The summed E-state index contributed by atoms with van der Waals surface area (Å²) >= 11 is 0. The molecule has 0 saturated carbocycles. The quantitative estimate of drug-likeness (QED) is 0.0261. The van der Waals surface area contributed by atoms with Crippen molar-refractivity contribution in [3.05, 3.63) is 158 Å². The van der Waals surface area contributed by atoms with Gasteiger partial charge in [0.25, 0.3) is 0 Å². The van der Waals surface area contributed by atoms with Gasteiger partial charge in [0.05, 0.1) is 0 Å². The van der Waals surface area contributed by atoms with Crippen LogP contribution in [0.1, 0.15) is 239 Å². The lowest BCUT2D eigenvalue weighted by Gasteiger charge is -2.18. The van der Waals surface area contributed by atoms with Crippen LogP contribution in [-0.4, -0.2) is 37.2 Å². The minimum Gasteiger partial charge on any atom is -0.462 e. The average Bonchev–Trinajstić information content (AvgIpc) is 3.41. The lowest BCUT2D eigenvalue weighted by Crippen LogP contribution is -2.30. The minimum absolute atomic E-state index is 0.109. The number of hydrogen-bond acceptors (Lipinski definition) is 6. The van der Waals surface area contributed by atoms with Crippen LogP contribution in [0.5, 0.6) is 0 Å². The zero-order valence-corrected chi connectivity index (χ0v) is 48.0. The Balaban J connectivity index is 4.48. The molecule has 0 fully saturated rings. The summed E-state index contributed by atoms with van der Waals surface area (Å²) in [5.74, 6) is -0.969. The van der Waals surface area contributed by atoms with Crippen molar-refractivity contribution in [1.29, 1.82) is 0 Å². The van der Waals surface area contributed by atoms with Gasteiger partial charge in [0.15, 0.2) is 6.10 Å². The van der Waals surface area contributed by atoms with E-state index < -0.39 is 6.10 Å². The molecule has 6 heteroatoms. The minimum atomic E-state index is -0.814. The Hall–Kier alpha value is -4.97. The van der Waals surface area contributed by atoms with Gasteiger partial charge in [-0.15, -0.1) is 0 Å². The van der Waals surface area contributed by atoms with Crippen LogP contribution in [0.2, 0.25) is 0 Å². The van der Waals surface area contributed by atoms with Crippen LogP contribution in [0.15, 0.2) is 158 Å². The Morgan fingerprint density at radius 3 is 0.747 bits per heavy atom. The standard InChI is InChI=1S/C69H108O6/c1-4-7-10-13-16-19-22-25-28-30-31-32-33-34-35-36-37-39-41-44-47-50-53-56-59-62-68(71)74-65-66(64-73-67(70)61-58-55-52-49-46-43-40-27-24-21-18-15-12-9-6-3)75-69(72)63-60-57-54-51-48-45-42-38-29-26-23-20-17-14-11-8-5-2/h7-12,16-21,25-29,31-32,34-35,37,39-40,42,45,66H,4-6,13-15,22-24,30,33,36,38,41,43-44,46-65H2,1-3H3/b10-7-,11-8-,12-9-,19-16-,20-17-,21-18-,28-25-,29-26-,32-31-,35-34-,39-37-,40-27-,45-42-. The molecule has 6 nitrogen and oxygen atoms in total. The Morgan fingerprint density at radius 1 is 0.267 bits per heavy atom. The number of unbranched alkanes of at least 4 members (excludes halogenated alkanes) is 15. The molecule has 0 aliphatic heterocycles. The van der Waals surface area contributed by atoms with Crippen LogP contribution in [0.3, 0.4) is 0 Å². The molecule has 75 heavy (non-hydrogen) atoms. The smallest absolute Gasteiger partial charge is 0.306 e. The zero-order valence-electron chi connectivity index (χ0n) is 48.0. The van der Waals surface area contributed by atoms with Gasteiger partial charge in [0.2, 0.25) is 0 Å². The van der Waals surface area contributed by atoms with Gasteiger partial charge < -0.3 is 14.2 Å². The molecule has 420 valence electrons. The largest absolute Gasteiger partial charge is 0.462 e. The van der Waals surface area contributed by atoms with Gasteiger partial charge in [-0.3, -0.25) is 14.4 Å². The van der Waals surface area contributed by atoms with Gasteiger partial charge in [-0.25, -0.2) is 0 Å². The van der Waals surface area contributed by atoms with E-state index in [0.29, 0.717) is 12.8 Å². The Labute approximate surface area is 460 Å². The number of allylic oxidation sites excluding steroid dienone is 26. The number of carbonyl (C=O) groups excluding carboxylic acids is 3. The molecule has 0 aliphatic rings. The van der Waals surface area contributed by atoms with Gasteiger partial charge in [0, 0.05) is 19.3 Å². The summed E-state index contributed by atoms with van der Waals surface area (Å²) in [4.78, 5) is 38.2. The first kappa shape index (κ1) is 70.0. The SMILES string of the molecule is CC/C=C\C/C=C\C/C=C\C/C=C\C/C=C\C/C=C\CCCCCCCCC(=O)OCC(COC(=O)CCCCCCC/C=C\C/C=C\C/C=C\CC)OC(=O)CCCCCC/C=C\C/C=C\C/C=C\C/C=C\CC. The van der Waals surface area contributed by atoms with E-state index in [2.05, 4.69) is 179 Å². The number of hydrogen-bond donors (Lipinski definition) is 0. The molecule has 0 spiro atoms. The molecule has 0 amide bonds. The number of rotatable bonds is 52. The third kappa shape index (κ3) is 59.8. The normalized spacial score (nSPS) is 13.3. The van der Waals surface area contributed by atoms with Gasteiger partial charge >= 0.3 is 17.9 Å². The molecule has 0 aliphatic carbocycles. The third-order valence-corrected chi connectivity index (χ3v) is 12.0. The van der Waals surface area contributed by atoms with Crippen molar-refractivity contribution >= 4 is 17.9 Å². The Kier molecular flexibility index (Phi) is 57.5. The van der Waals surface area contributed by atoms with Crippen molar-refractivity contribution < 1.29 is 28.6 Å². The van der Waals surface area contributed by atoms with Crippen LogP contribution in [0.4, 0.5) is 0 Å². The molecule has 1 unspecified atom stereocenters. The summed E-state index contributed by atoms with van der Waals surface area (Å²) in [5.41, 5.74) is 0. The van der Waals surface area contributed by atoms with E-state index in [1.807, 2.05) is 0 Å². The van der Waals surface area contributed by atoms with Crippen molar-refractivity contribution in [2.24, 2.45) is 0 Å². The molecule has 0 radical (unpaired) electrons. The summed E-state index contributed by atoms with van der Waals surface area (Å²) < 4.78 is 16.8. The molecule has 0 N–H and O–H groups in total. The summed E-state index contributed by atoms with van der Waals surface area (Å²) in [6.45, 7) is 6.24. The highest BCUT2D eigenvalue weighted by atomic mass is 16.6. The van der Waals surface area contributed by atoms with Gasteiger partial charge in [-0.05, 0) is 141 Å². The molecule has 0 heterocycles. The highest BCUT2D eigenvalue weighted by molar-refractivity contribution is 5.71. The molecule has 1 atom stereocenters. The van der Waals surface area contributed by atoms with E-state index in [0.717, 1.165) is 186 Å². The predicted molar refractivity (Wildman–Crippen MR) is 325 cm³/mol. The molecule has 0 aromatic heterocycles. The molecule has 0 saturated heterocycles. The maximum Gasteiger partial charge on any atom is 0.306 e. The number of ether oxygens (including phenoxy) is 3. The lowest BCUT2D eigenvalue weighted by molar-refractivity contribution is -0.167. The molecule has 0 aromatic carbocycles. The molecular weight excluding hydrogens is 925 g/mol. The van der Waals surface area contributed by atoms with Crippen LogP contribution in [0.25, 0.3) is 0 Å². The second-order valence-corrected chi connectivity index (χ2v) is 19.1. The highest BCUT2D eigenvalue weighted by Gasteiger charge is 2.19. The van der Waals surface area contributed by atoms with Crippen molar-refractivity contribution in [1.82, 2.24) is 0 Å². The van der Waals surface area contributed by atoms with Gasteiger partial charge in [-0.1, -0.05) is 237 Å². The predicted octanol–water partition coefficient (Wildman–Crippen LogP) is 20.5. The van der Waals surface area contributed by atoms with E-state index in [-0.39, 0.29) is 37.5 Å². The van der Waals surface area contributed by atoms with E-state index in [4.69, 9.17) is 14.2 Å². The van der Waals surface area contributed by atoms with Gasteiger partial charge in [0.1, 0.15) is 13.2 Å². The topological polar surface area (TPSA) is 78.9 Å². The number of carbonyl (C=O) groups is 3. The molecule has 0 rings (SSSR count). The fourth-order valence-electron chi connectivity index (χ4n) is 7.63. The van der Waals surface area contributed by atoms with E-state index in [1.165, 1.54) is 12.8 Å². The van der Waals surface area contributed by atoms with Crippen molar-refractivity contribution in [3.63, 3.8) is 0 Å². The fourth-order valence-corrected chi connectivity index (χ4v) is 7.63. The summed E-state index contributed by atoms with van der Waals surface area (Å²) in [6.07, 6.45) is 89.5. The summed E-state index contributed by atoms with van der Waals surface area (Å²) in [5, 5.41) is 0. The van der Waals surface area contributed by atoms with Crippen molar-refractivity contribution in [2.75, 3.05) is 13.2 Å². The first-order chi connectivity index (χ1) is 37.0. The Morgan fingerprint density at radius 2 is 0.480 bits per heavy atom. The van der Waals surface area contributed by atoms with E-state index >= 15 is 0 Å². The lowest BCUT2D eigenvalue weighted by atomic mass is 10.1. The van der Waals surface area contributed by atoms with Crippen LogP contribution >= 0.6 is 0 Å². The fraction of sp³-hybridized carbons (Fsp3) is 0.580. The molecule has 0 bridgehead atoms. The average molecular weight is 1030 g/mol. The van der Waals surface area contributed by atoms with Crippen molar-refractivity contribution in [2.45, 2.75) is 245 Å². The highest BCUT2D eigenvalue weighted by Crippen LogP contribution is 2.13. The summed E-state index contributed by atoms with van der Waals surface area (Å²) in [7, 11) is 0. The van der Waals surface area contributed by atoms with Crippen molar-refractivity contribution in [3.8, 4) is 0 Å². The molecular formula is C69H108O6. The van der Waals surface area contributed by atoms with Crippen LogP contribution < -0.4 is 0 Å². The van der Waals surface area contributed by atoms with E-state index in [1.54, 1.807) is 0 Å². The van der Waals surface area contributed by atoms with Gasteiger partial charge in [-0.2, -0.15) is 0 Å². The van der Waals surface area contributed by atoms with Crippen LogP contribution in [-0.2, 0) is 28.6 Å². The first-order valence-electron chi connectivity index (χ1n) is 30.0. The monoisotopic (exact) mass is 1030 g/mol. The zero-order chi connectivity index (χ0) is 54.3. The molecule has 0 aromatic rings. The van der Waals surface area contributed by atoms with Crippen LogP contribution in [0, 0.1) is 0 Å². The second-order valence-electron chi connectivity index (χ2n) is 19.1. The maximum absolute atomic E-state index is 12.9. The first-order valence-corrected chi connectivity index (χ1v) is 30.0. The Bertz CT molecular complexity index is 1710. The second kappa shape index (κ2) is 61.6. The summed E-state index contributed by atoms with van der Waals surface area (Å²) in [6, 6.07) is 0. The third-order valence-electron chi connectivity index (χ3n) is 12.0.